The fourth-order valence-electron chi connectivity index (χ4n) is 11.2. The van der Waals surface area contributed by atoms with Crippen molar-refractivity contribution >= 4 is 39.0 Å². The minimum absolute atomic E-state index is 0.288. The lowest BCUT2D eigenvalue weighted by molar-refractivity contribution is 0.632. The fourth-order valence-corrected chi connectivity index (χ4v) is 11.2. The molecule has 60 heavy (non-hydrogen) atoms. The Labute approximate surface area is 349 Å². The molecule has 1 spiro atoms. The van der Waals surface area contributed by atoms with E-state index >= 15 is 0 Å². The highest BCUT2D eigenvalue weighted by Crippen LogP contribution is 2.67. The summed E-state index contributed by atoms with van der Waals surface area (Å²) in [6, 6.07) is 74.1. The van der Waals surface area contributed by atoms with Gasteiger partial charge in [0.05, 0.1) is 22.5 Å². The molecule has 2 aliphatic carbocycles. The van der Waals surface area contributed by atoms with E-state index in [1.807, 2.05) is 0 Å². The van der Waals surface area contributed by atoms with E-state index in [4.69, 9.17) is 4.42 Å². The van der Waals surface area contributed by atoms with Crippen LogP contribution >= 0.6 is 0 Å². The average molecular weight is 766 g/mol. The Morgan fingerprint density at radius 3 is 1.63 bits per heavy atom. The van der Waals surface area contributed by atoms with Gasteiger partial charge < -0.3 is 9.32 Å². The third kappa shape index (κ3) is 4.27. The molecule has 0 amide bonds. The predicted molar refractivity (Wildman–Crippen MR) is 248 cm³/mol. The molecule has 2 nitrogen and oxygen atoms in total. The molecule has 1 atom stereocenters. The molecule has 1 unspecified atom stereocenters. The highest BCUT2D eigenvalue weighted by molar-refractivity contribution is 6.12. The van der Waals surface area contributed by atoms with E-state index in [0.717, 1.165) is 21.9 Å². The van der Waals surface area contributed by atoms with E-state index in [1.54, 1.807) is 0 Å². The number of rotatable bonds is 3. The lowest BCUT2D eigenvalue weighted by Gasteiger charge is -2.43. The topological polar surface area (TPSA) is 16.4 Å². The maximum Gasteiger partial charge on any atom is 0.140 e. The number of hydrogen-bond donors (Lipinski definition) is 0. The minimum atomic E-state index is -0.587. The first-order chi connectivity index (χ1) is 29.5. The van der Waals surface area contributed by atoms with Crippen molar-refractivity contribution in [3.63, 3.8) is 0 Å². The van der Waals surface area contributed by atoms with Gasteiger partial charge in [0.2, 0.25) is 0 Å². The number of anilines is 3. The number of fused-ring (bicyclic) bond motifs is 16. The lowest BCUT2D eigenvalue weighted by atomic mass is 9.70. The van der Waals surface area contributed by atoms with Crippen LogP contribution in [0.15, 0.2) is 205 Å². The van der Waals surface area contributed by atoms with Gasteiger partial charge >= 0.3 is 0 Å². The molecular weight excluding hydrogens is 727 g/mol. The van der Waals surface area contributed by atoms with E-state index in [9.17, 15) is 0 Å². The van der Waals surface area contributed by atoms with Gasteiger partial charge in [-0.1, -0.05) is 172 Å². The molecule has 2 heteroatoms. The molecule has 282 valence electrons. The molecule has 0 N–H and O–H groups in total. The first-order valence-electron chi connectivity index (χ1n) is 21.0. The Morgan fingerprint density at radius 1 is 0.383 bits per heavy atom. The van der Waals surface area contributed by atoms with Gasteiger partial charge in [-0.3, -0.25) is 0 Å². The molecule has 13 rings (SSSR count). The summed E-state index contributed by atoms with van der Waals surface area (Å²) in [5.41, 5.74) is 22.3. The zero-order valence-corrected chi connectivity index (χ0v) is 33.4. The van der Waals surface area contributed by atoms with E-state index in [1.165, 1.54) is 95.0 Å². The smallest absolute Gasteiger partial charge is 0.140 e. The van der Waals surface area contributed by atoms with Gasteiger partial charge in [0, 0.05) is 27.3 Å². The van der Waals surface area contributed by atoms with Crippen LogP contribution < -0.4 is 4.90 Å². The summed E-state index contributed by atoms with van der Waals surface area (Å²) in [4.78, 5) is 2.57. The standard InChI is InChI=1S/C58H39NO/c1-57(2)48-34-38(36-16-5-3-6-17-36)28-32-50(48)59(51-33-29-39(35-49(51)57)37-18-7-4-8-19-37)52-26-15-25-47-54(52)44-22-10-13-24-46(44)58(47)45-23-12-9-20-40(45)42-30-31-43-41-21-11-14-27-53(41)60-56(43)55(42)58/h3-35H,1-2H3. The van der Waals surface area contributed by atoms with E-state index in [0.29, 0.717) is 0 Å². The second-order valence-corrected chi connectivity index (χ2v) is 17.2. The molecule has 0 radical (unpaired) electrons. The van der Waals surface area contributed by atoms with Gasteiger partial charge in [0.25, 0.3) is 0 Å². The van der Waals surface area contributed by atoms with Crippen LogP contribution in [0, 0.1) is 0 Å². The first-order valence-corrected chi connectivity index (χ1v) is 21.0. The van der Waals surface area contributed by atoms with Crippen molar-refractivity contribution in [1.82, 2.24) is 0 Å². The zero-order valence-electron chi connectivity index (χ0n) is 33.4. The number of hydrogen-bond acceptors (Lipinski definition) is 2. The molecule has 1 aromatic heterocycles. The largest absolute Gasteiger partial charge is 0.456 e. The fraction of sp³-hybridized carbons (Fsp3) is 0.0690. The minimum Gasteiger partial charge on any atom is -0.456 e. The zero-order chi connectivity index (χ0) is 39.7. The number of benzene rings is 9. The molecule has 3 aliphatic rings. The molecule has 9 aromatic carbocycles. The maximum absolute atomic E-state index is 6.99. The summed E-state index contributed by atoms with van der Waals surface area (Å²) in [5.74, 6) is 0. The summed E-state index contributed by atoms with van der Waals surface area (Å²) in [6.07, 6.45) is 0. The second-order valence-electron chi connectivity index (χ2n) is 17.2. The second kappa shape index (κ2) is 12.1. The highest BCUT2D eigenvalue weighted by atomic mass is 16.3. The molecule has 2 heterocycles. The Bertz CT molecular complexity index is 3320. The Balaban J connectivity index is 1.13. The Morgan fingerprint density at radius 2 is 0.950 bits per heavy atom. The van der Waals surface area contributed by atoms with Gasteiger partial charge in [-0.25, -0.2) is 0 Å². The molecule has 10 aromatic rings. The number of furan rings is 1. The van der Waals surface area contributed by atoms with Gasteiger partial charge in [-0.05, 0) is 109 Å². The van der Waals surface area contributed by atoms with Crippen LogP contribution in [-0.4, -0.2) is 0 Å². The van der Waals surface area contributed by atoms with Gasteiger partial charge in [0.15, 0.2) is 0 Å². The van der Waals surface area contributed by atoms with Gasteiger partial charge in [-0.15, -0.1) is 0 Å². The molecule has 0 bridgehead atoms. The summed E-state index contributed by atoms with van der Waals surface area (Å²) in [5, 5.41) is 2.30. The normalized spacial score (nSPS) is 16.3. The summed E-state index contributed by atoms with van der Waals surface area (Å²) in [7, 11) is 0. The van der Waals surface area contributed by atoms with Crippen LogP contribution in [0.25, 0.3) is 66.4 Å². The van der Waals surface area contributed by atoms with Crippen molar-refractivity contribution in [2.75, 3.05) is 4.90 Å². The Hall–Kier alpha value is -7.42. The SMILES string of the molecule is CC1(C)c2cc(-c3ccccc3)ccc2N(c2cccc3c2-c2ccccc2C32c3ccccc3-c3ccc4c(oc5ccccc54)c32)c2ccc(-c3ccccc3)cc21. The molecule has 1 aliphatic heterocycles. The predicted octanol–water partition coefficient (Wildman–Crippen LogP) is 15.4. The van der Waals surface area contributed by atoms with Crippen LogP contribution in [0.5, 0.6) is 0 Å². The van der Waals surface area contributed by atoms with Crippen LogP contribution in [0.3, 0.4) is 0 Å². The third-order valence-corrected chi connectivity index (χ3v) is 13.9. The van der Waals surface area contributed by atoms with Gasteiger partial charge in [-0.2, -0.15) is 0 Å². The highest BCUT2D eigenvalue weighted by Gasteiger charge is 2.54. The van der Waals surface area contributed by atoms with Crippen molar-refractivity contribution in [3.8, 4) is 44.5 Å². The monoisotopic (exact) mass is 765 g/mol. The van der Waals surface area contributed by atoms with Crippen LogP contribution in [0.4, 0.5) is 17.1 Å². The van der Waals surface area contributed by atoms with Crippen molar-refractivity contribution < 1.29 is 4.42 Å². The lowest BCUT2D eigenvalue weighted by Crippen LogP contribution is -2.31. The number of para-hydroxylation sites is 1. The third-order valence-electron chi connectivity index (χ3n) is 13.9. The molecule has 0 saturated carbocycles. The summed E-state index contributed by atoms with van der Waals surface area (Å²) in [6.45, 7) is 4.80. The Kier molecular flexibility index (Phi) is 6.74. The van der Waals surface area contributed by atoms with Crippen LogP contribution in [0.1, 0.15) is 47.2 Å². The van der Waals surface area contributed by atoms with E-state index < -0.39 is 5.41 Å². The van der Waals surface area contributed by atoms with E-state index in [-0.39, 0.29) is 5.41 Å². The molecular formula is C58H39NO. The quantitative estimate of drug-likeness (QED) is 0.178. The molecule has 0 saturated heterocycles. The number of nitrogens with zero attached hydrogens (tertiary/aromatic N) is 1. The first kappa shape index (κ1) is 33.5. The van der Waals surface area contributed by atoms with Gasteiger partial charge in [0.1, 0.15) is 11.2 Å². The van der Waals surface area contributed by atoms with E-state index in [2.05, 4.69) is 219 Å². The van der Waals surface area contributed by atoms with Crippen molar-refractivity contribution in [2.45, 2.75) is 24.7 Å². The molecule has 0 fully saturated rings. The van der Waals surface area contributed by atoms with Crippen LogP contribution in [-0.2, 0) is 10.8 Å². The van der Waals surface area contributed by atoms with Crippen LogP contribution in [0.2, 0.25) is 0 Å². The van der Waals surface area contributed by atoms with Crippen molar-refractivity contribution in [3.05, 3.63) is 234 Å². The maximum atomic E-state index is 6.99. The average Bonchev–Trinajstić information content (AvgIpc) is 3.94. The summed E-state index contributed by atoms with van der Waals surface area (Å²) >= 11 is 0. The van der Waals surface area contributed by atoms with Crippen molar-refractivity contribution in [2.24, 2.45) is 0 Å². The summed E-state index contributed by atoms with van der Waals surface area (Å²) < 4.78 is 6.99. The van der Waals surface area contributed by atoms with Crippen molar-refractivity contribution in [1.29, 1.82) is 0 Å².